The molecule has 5 nitrogen and oxygen atoms in total. The van der Waals surface area contributed by atoms with E-state index in [1.165, 1.54) is 22.0 Å². The number of likely N-dealkylation sites (N-methyl/N-ethyl adjacent to an activating group) is 1. The molecule has 1 N–H and O–H groups in total. The third-order valence-corrected chi connectivity index (χ3v) is 7.21. The van der Waals surface area contributed by atoms with Crippen molar-refractivity contribution in [2.75, 3.05) is 20.1 Å². The van der Waals surface area contributed by atoms with Crippen molar-refractivity contribution in [2.45, 2.75) is 51.1 Å². The standard InChI is InChI=1S/C26H32N4O/c1-17(2)30-16-18-14-24-22(21-8-6-9-23(30)25(18)21)13-19(15-29(24)3)26(31)28-12-10-20-7-4-5-11-27-20/h4-9,11,16-17,19,22,24H,10,12-15H2,1-3H3,(H,28,31)/t19-,22?,24-/m1/s1. The Hall–Kier alpha value is -2.66. The molecule has 3 heterocycles. The van der Waals surface area contributed by atoms with Crippen LogP contribution in [-0.2, 0) is 17.6 Å². The topological polar surface area (TPSA) is 50.2 Å². The van der Waals surface area contributed by atoms with E-state index < -0.39 is 0 Å². The summed E-state index contributed by atoms with van der Waals surface area (Å²) < 4.78 is 2.41. The van der Waals surface area contributed by atoms with Crippen LogP contribution in [0.5, 0.6) is 0 Å². The Balaban J connectivity index is 1.35. The Bertz CT molecular complexity index is 1090. The van der Waals surface area contributed by atoms with E-state index in [0.29, 0.717) is 24.5 Å². The highest BCUT2D eigenvalue weighted by molar-refractivity contribution is 5.89. The van der Waals surface area contributed by atoms with E-state index in [9.17, 15) is 4.79 Å². The van der Waals surface area contributed by atoms with E-state index in [1.54, 1.807) is 6.20 Å². The molecule has 31 heavy (non-hydrogen) atoms. The zero-order valence-electron chi connectivity index (χ0n) is 18.7. The maximum absolute atomic E-state index is 13.0. The van der Waals surface area contributed by atoms with Crippen LogP contribution in [0.3, 0.4) is 0 Å². The molecule has 1 aromatic carbocycles. The maximum atomic E-state index is 13.0. The molecule has 3 aromatic rings. The third kappa shape index (κ3) is 3.65. The van der Waals surface area contributed by atoms with Crippen LogP contribution in [0.4, 0.5) is 0 Å². The Morgan fingerprint density at radius 2 is 2.10 bits per heavy atom. The van der Waals surface area contributed by atoms with Gasteiger partial charge in [-0.15, -0.1) is 0 Å². The normalized spacial score (nSPS) is 23.2. The highest BCUT2D eigenvalue weighted by atomic mass is 16.1. The summed E-state index contributed by atoms with van der Waals surface area (Å²) in [5, 5.41) is 4.60. The van der Waals surface area contributed by atoms with Crippen LogP contribution >= 0.6 is 0 Å². The number of benzene rings is 1. The van der Waals surface area contributed by atoms with E-state index in [2.05, 4.69) is 65.1 Å². The number of carbonyl (C=O) groups is 1. The van der Waals surface area contributed by atoms with Gasteiger partial charge >= 0.3 is 0 Å². The molecule has 3 atom stereocenters. The molecule has 1 unspecified atom stereocenters. The number of amides is 1. The van der Waals surface area contributed by atoms with E-state index in [1.807, 2.05) is 18.2 Å². The summed E-state index contributed by atoms with van der Waals surface area (Å²) in [4.78, 5) is 19.8. The van der Waals surface area contributed by atoms with E-state index >= 15 is 0 Å². The fourth-order valence-electron chi connectivity index (χ4n) is 5.70. The number of aromatic nitrogens is 2. The van der Waals surface area contributed by atoms with Crippen LogP contribution in [0, 0.1) is 5.92 Å². The summed E-state index contributed by atoms with van der Waals surface area (Å²) in [7, 11) is 2.19. The molecule has 0 bridgehead atoms. The molecule has 0 spiro atoms. The Kier molecular flexibility index (Phi) is 5.30. The van der Waals surface area contributed by atoms with Crippen LogP contribution < -0.4 is 5.32 Å². The number of hydrogen-bond donors (Lipinski definition) is 1. The van der Waals surface area contributed by atoms with Gasteiger partial charge in [-0.1, -0.05) is 18.2 Å². The van der Waals surface area contributed by atoms with Crippen molar-refractivity contribution in [3.63, 3.8) is 0 Å². The van der Waals surface area contributed by atoms with Gasteiger partial charge in [-0.05, 0) is 63.1 Å². The lowest BCUT2D eigenvalue weighted by Gasteiger charge is -2.45. The van der Waals surface area contributed by atoms with E-state index in [0.717, 1.165) is 31.5 Å². The summed E-state index contributed by atoms with van der Waals surface area (Å²) in [5.74, 6) is 0.613. The van der Waals surface area contributed by atoms with Gasteiger partial charge in [0.05, 0.1) is 5.92 Å². The summed E-state index contributed by atoms with van der Waals surface area (Å²) in [6.07, 6.45) is 6.93. The number of piperidine rings is 1. The van der Waals surface area contributed by atoms with Crippen molar-refractivity contribution in [1.29, 1.82) is 0 Å². The van der Waals surface area contributed by atoms with Gasteiger partial charge in [-0.2, -0.15) is 0 Å². The van der Waals surface area contributed by atoms with Crippen molar-refractivity contribution < 1.29 is 4.79 Å². The number of rotatable bonds is 5. The average molecular weight is 417 g/mol. The van der Waals surface area contributed by atoms with Crippen LogP contribution in [0.25, 0.3) is 10.9 Å². The summed E-state index contributed by atoms with van der Waals surface area (Å²) in [6, 6.07) is 13.6. The predicted molar refractivity (Wildman–Crippen MR) is 124 cm³/mol. The molecule has 0 radical (unpaired) electrons. The largest absolute Gasteiger partial charge is 0.355 e. The van der Waals surface area contributed by atoms with E-state index in [4.69, 9.17) is 0 Å². The van der Waals surface area contributed by atoms with Crippen molar-refractivity contribution in [1.82, 2.24) is 19.8 Å². The van der Waals surface area contributed by atoms with Gasteiger partial charge in [0.1, 0.15) is 0 Å². The molecule has 2 aliphatic rings. The molecule has 5 rings (SSSR count). The summed E-state index contributed by atoms with van der Waals surface area (Å²) >= 11 is 0. The monoisotopic (exact) mass is 416 g/mol. The quantitative estimate of drug-likeness (QED) is 0.686. The van der Waals surface area contributed by atoms with Gasteiger partial charge in [-0.3, -0.25) is 9.78 Å². The Labute approximate surface area is 184 Å². The average Bonchev–Trinajstić information content (AvgIpc) is 3.15. The molecule has 162 valence electrons. The first-order valence-corrected chi connectivity index (χ1v) is 11.5. The lowest BCUT2D eigenvalue weighted by Crippen LogP contribution is -2.51. The first-order chi connectivity index (χ1) is 15.0. The van der Waals surface area contributed by atoms with Crippen LogP contribution in [-0.4, -0.2) is 46.5 Å². The molecule has 5 heteroatoms. The second-order valence-electron chi connectivity index (χ2n) is 9.51. The van der Waals surface area contributed by atoms with Gasteiger partial charge in [-0.25, -0.2) is 0 Å². The number of fused-ring (bicyclic) bond motifs is 2. The smallest absolute Gasteiger partial charge is 0.224 e. The molecule has 1 aliphatic heterocycles. The second-order valence-corrected chi connectivity index (χ2v) is 9.51. The number of nitrogens with zero attached hydrogens (tertiary/aromatic N) is 3. The first-order valence-electron chi connectivity index (χ1n) is 11.5. The van der Waals surface area contributed by atoms with Crippen LogP contribution in [0.2, 0.25) is 0 Å². The van der Waals surface area contributed by atoms with E-state index in [-0.39, 0.29) is 11.8 Å². The lowest BCUT2D eigenvalue weighted by atomic mass is 9.72. The molecule has 1 amide bonds. The molecule has 1 saturated heterocycles. The highest BCUT2D eigenvalue weighted by Gasteiger charge is 2.41. The van der Waals surface area contributed by atoms with Crippen LogP contribution in [0.1, 0.15) is 49.0 Å². The number of likely N-dealkylation sites (tertiary alicyclic amines) is 1. The first kappa shape index (κ1) is 20.3. The van der Waals surface area contributed by atoms with Gasteiger partial charge in [0.2, 0.25) is 5.91 Å². The molecule has 1 fully saturated rings. The van der Waals surface area contributed by atoms with Gasteiger partial charge in [0.15, 0.2) is 0 Å². The zero-order valence-corrected chi connectivity index (χ0v) is 18.7. The number of carbonyl (C=O) groups excluding carboxylic acids is 1. The Morgan fingerprint density at radius 3 is 2.87 bits per heavy atom. The minimum absolute atomic E-state index is 0.0268. The van der Waals surface area contributed by atoms with Crippen molar-refractivity contribution in [3.05, 3.63) is 65.6 Å². The van der Waals surface area contributed by atoms with Gasteiger partial charge in [0, 0.05) is 66.5 Å². The van der Waals surface area contributed by atoms with Crippen molar-refractivity contribution in [3.8, 4) is 0 Å². The second kappa shape index (κ2) is 8.12. The third-order valence-electron chi connectivity index (χ3n) is 7.21. The Morgan fingerprint density at radius 1 is 1.23 bits per heavy atom. The van der Waals surface area contributed by atoms with Crippen molar-refractivity contribution in [2.24, 2.45) is 5.92 Å². The minimum Gasteiger partial charge on any atom is -0.355 e. The maximum Gasteiger partial charge on any atom is 0.224 e. The molecular formula is C26H32N4O. The fraction of sp³-hybridized carbons (Fsp3) is 0.462. The molecule has 0 saturated carbocycles. The van der Waals surface area contributed by atoms with Crippen molar-refractivity contribution >= 4 is 16.8 Å². The highest BCUT2D eigenvalue weighted by Crippen LogP contribution is 2.45. The number of nitrogens with one attached hydrogen (secondary N) is 1. The number of pyridine rings is 1. The summed E-state index contributed by atoms with van der Waals surface area (Å²) in [6.45, 7) is 5.96. The zero-order chi connectivity index (χ0) is 21.5. The lowest BCUT2D eigenvalue weighted by molar-refractivity contribution is -0.127. The minimum atomic E-state index is 0.0268. The molecule has 1 aliphatic carbocycles. The molecule has 2 aromatic heterocycles. The van der Waals surface area contributed by atoms with Gasteiger partial charge in [0.25, 0.3) is 0 Å². The summed E-state index contributed by atoms with van der Waals surface area (Å²) in [5.41, 5.74) is 5.25. The van der Waals surface area contributed by atoms with Crippen LogP contribution in [0.15, 0.2) is 48.8 Å². The fourth-order valence-corrected chi connectivity index (χ4v) is 5.70. The SMILES string of the molecule is CC(C)n1cc2c3c(cccc31)C1C[C@@H](C(=O)NCCc3ccccn3)CN(C)[C@@H]1C2. The van der Waals surface area contributed by atoms with Gasteiger partial charge < -0.3 is 14.8 Å². The number of hydrogen-bond acceptors (Lipinski definition) is 3. The predicted octanol–water partition coefficient (Wildman–Crippen LogP) is 3.94. The molecular weight excluding hydrogens is 384 g/mol.